The molecule has 7 unspecified atom stereocenters. The molecule has 14 heteroatoms. The molecule has 2 aromatic rings. The molecule has 2 aromatic carbocycles. The van der Waals surface area contributed by atoms with Gasteiger partial charge in [0.15, 0.2) is 18.2 Å². The number of carbonyl (C=O) groups excluding carboxylic acids is 2. The van der Waals surface area contributed by atoms with Gasteiger partial charge in [0.25, 0.3) is 0 Å². The van der Waals surface area contributed by atoms with Crippen molar-refractivity contribution in [2.45, 2.75) is 68.0 Å². The summed E-state index contributed by atoms with van der Waals surface area (Å²) >= 11 is 3.29. The largest absolute Gasteiger partial charge is 0.507 e. The van der Waals surface area contributed by atoms with E-state index < -0.39 is 95.2 Å². The highest BCUT2D eigenvalue weighted by atomic mass is 79.9. The van der Waals surface area contributed by atoms with Crippen molar-refractivity contribution >= 4 is 27.5 Å². The molecule has 5 rings (SSSR count). The molecular weight excluding hydrogens is 637 g/mol. The summed E-state index contributed by atoms with van der Waals surface area (Å²) in [4.78, 5) is 27.5. The van der Waals surface area contributed by atoms with E-state index in [0.717, 1.165) is 0 Å². The van der Waals surface area contributed by atoms with Gasteiger partial charge in [0.05, 0.1) is 47.4 Å². The number of halogens is 2. The normalized spacial score (nSPS) is 30.4. The highest BCUT2D eigenvalue weighted by Gasteiger charge is 2.58. The summed E-state index contributed by atoms with van der Waals surface area (Å²) in [5.41, 5.74) is 2.35. The van der Waals surface area contributed by atoms with Gasteiger partial charge in [-0.25, -0.2) is 4.39 Å². The smallest absolute Gasteiger partial charge is 0.207 e. The van der Waals surface area contributed by atoms with Gasteiger partial charge in [-0.05, 0) is 13.0 Å². The van der Waals surface area contributed by atoms with Crippen LogP contribution < -0.4 is 10.5 Å². The number of rotatable bonds is 7. The molecule has 0 aromatic heterocycles. The molecule has 1 aliphatic heterocycles. The molecule has 234 valence electrons. The van der Waals surface area contributed by atoms with Crippen LogP contribution in [-0.2, 0) is 25.4 Å². The fourth-order valence-corrected chi connectivity index (χ4v) is 7.30. The Kier molecular flexibility index (Phi) is 8.37. The fraction of sp³-hybridized carbons (Fsp3) is 0.517. The Morgan fingerprint density at radius 3 is 2.37 bits per heavy atom. The molecule has 0 radical (unpaired) electrons. The fourth-order valence-electron chi connectivity index (χ4n) is 6.32. The Hall–Kier alpha value is -2.69. The van der Waals surface area contributed by atoms with E-state index in [2.05, 4.69) is 15.9 Å². The van der Waals surface area contributed by atoms with Gasteiger partial charge in [-0.15, -0.1) is 0 Å². The number of aromatic hydroxyl groups is 2. The number of methoxy groups -OCH3 is 3. The second-order valence-electron chi connectivity index (χ2n) is 10.9. The summed E-state index contributed by atoms with van der Waals surface area (Å²) in [5.74, 6) is -4.64. The second kappa shape index (κ2) is 11.3. The topological polar surface area (TPSA) is 187 Å². The van der Waals surface area contributed by atoms with E-state index in [9.17, 15) is 30.0 Å². The molecule has 1 saturated heterocycles. The van der Waals surface area contributed by atoms with Crippen LogP contribution in [0.15, 0.2) is 18.2 Å². The van der Waals surface area contributed by atoms with Crippen LogP contribution in [0.2, 0.25) is 0 Å². The third-order valence-corrected chi connectivity index (χ3v) is 9.53. The number of benzene rings is 2. The van der Waals surface area contributed by atoms with E-state index in [0.29, 0.717) is 0 Å². The average Bonchev–Trinajstić information content (AvgIpc) is 2.99. The van der Waals surface area contributed by atoms with Crippen LogP contribution in [0.25, 0.3) is 0 Å². The van der Waals surface area contributed by atoms with Crippen LogP contribution in [-0.4, -0.2) is 101 Å². The number of phenolic OH excluding ortho intramolecular Hbond substituents is 2. The molecule has 0 amide bonds. The zero-order valence-corrected chi connectivity index (χ0v) is 25.4. The summed E-state index contributed by atoms with van der Waals surface area (Å²) < 4.78 is 43.4. The van der Waals surface area contributed by atoms with Crippen LogP contribution in [0.4, 0.5) is 4.39 Å². The van der Waals surface area contributed by atoms with Gasteiger partial charge >= 0.3 is 0 Å². The molecule has 1 heterocycles. The number of nitrogens with two attached hydrogens (primary N) is 1. The van der Waals surface area contributed by atoms with Crippen molar-refractivity contribution in [2.75, 3.05) is 26.7 Å². The number of aliphatic hydroxyl groups excluding tert-OH is 1. The number of hydrogen-bond acceptors (Lipinski definition) is 12. The van der Waals surface area contributed by atoms with Crippen molar-refractivity contribution in [1.82, 2.24) is 0 Å². The van der Waals surface area contributed by atoms with Crippen LogP contribution in [0.3, 0.4) is 0 Å². The van der Waals surface area contributed by atoms with E-state index in [-0.39, 0.29) is 33.3 Å². The summed E-state index contributed by atoms with van der Waals surface area (Å²) in [6.07, 6.45) is -8.72. The number of fused-ring (bicyclic) bond motifs is 3. The van der Waals surface area contributed by atoms with Crippen molar-refractivity contribution in [2.24, 2.45) is 5.73 Å². The van der Waals surface area contributed by atoms with E-state index in [1.807, 2.05) is 0 Å². The molecule has 3 aliphatic rings. The van der Waals surface area contributed by atoms with Crippen LogP contribution in [0, 0.1) is 0 Å². The van der Waals surface area contributed by atoms with Crippen molar-refractivity contribution < 1.29 is 58.1 Å². The number of aliphatic hydroxyl groups is 2. The Morgan fingerprint density at radius 2 is 1.77 bits per heavy atom. The third-order valence-electron chi connectivity index (χ3n) is 8.79. The molecule has 7 atom stereocenters. The molecule has 0 spiro atoms. The first kappa shape index (κ1) is 31.7. The van der Waals surface area contributed by atoms with E-state index >= 15 is 4.39 Å². The van der Waals surface area contributed by atoms with Crippen molar-refractivity contribution in [3.8, 4) is 17.2 Å². The minimum atomic E-state index is -2.14. The first-order chi connectivity index (χ1) is 20.3. The monoisotopic (exact) mass is 669 g/mol. The zero-order valence-electron chi connectivity index (χ0n) is 23.8. The lowest BCUT2D eigenvalue weighted by Gasteiger charge is -2.49. The van der Waals surface area contributed by atoms with Crippen LogP contribution in [0.5, 0.6) is 17.2 Å². The summed E-state index contributed by atoms with van der Waals surface area (Å²) in [6, 6.07) is 3.32. The molecule has 2 aliphatic carbocycles. The maximum absolute atomic E-state index is 15.3. The van der Waals surface area contributed by atoms with Gasteiger partial charge in [-0.2, -0.15) is 0 Å². The Morgan fingerprint density at radius 1 is 1.12 bits per heavy atom. The first-order valence-electron chi connectivity index (χ1n) is 13.5. The van der Waals surface area contributed by atoms with Crippen LogP contribution in [0.1, 0.15) is 62.4 Å². The minimum absolute atomic E-state index is 0.0517. The van der Waals surface area contributed by atoms with Crippen molar-refractivity contribution in [3.63, 3.8) is 0 Å². The molecule has 0 bridgehead atoms. The number of alkyl halides is 2. The lowest BCUT2D eigenvalue weighted by molar-refractivity contribution is -0.312. The molecule has 12 nitrogen and oxygen atoms in total. The molecule has 6 N–H and O–H groups in total. The summed E-state index contributed by atoms with van der Waals surface area (Å²) in [6.45, 7) is 1.52. The zero-order chi connectivity index (χ0) is 31.6. The summed E-state index contributed by atoms with van der Waals surface area (Å²) in [5, 5.41) is 45.7. The van der Waals surface area contributed by atoms with Crippen molar-refractivity contribution in [1.29, 1.82) is 0 Å². The number of ether oxygens (including phenoxy) is 5. The van der Waals surface area contributed by atoms with Gasteiger partial charge in [0.1, 0.15) is 29.0 Å². The van der Waals surface area contributed by atoms with Gasteiger partial charge in [-0.3, -0.25) is 9.59 Å². The first-order valence-corrected chi connectivity index (χ1v) is 14.6. The second-order valence-corrected chi connectivity index (χ2v) is 11.5. The maximum atomic E-state index is 15.3. The number of hydrogen-bond donors (Lipinski definition) is 5. The molecule has 1 fully saturated rings. The molecular formula is C29H33BrFNO11. The van der Waals surface area contributed by atoms with Gasteiger partial charge in [0.2, 0.25) is 11.6 Å². The van der Waals surface area contributed by atoms with E-state index in [4.69, 9.17) is 29.4 Å². The maximum Gasteiger partial charge on any atom is 0.207 e. The Balaban J connectivity index is 1.73. The predicted octanol–water partition coefficient (Wildman–Crippen LogP) is 1.77. The van der Waals surface area contributed by atoms with Crippen molar-refractivity contribution in [3.05, 3.63) is 51.6 Å². The molecule has 0 saturated carbocycles. The quantitative estimate of drug-likeness (QED) is 0.140. The lowest BCUT2D eigenvalue weighted by atomic mass is 9.70. The van der Waals surface area contributed by atoms with Gasteiger partial charge in [-0.1, -0.05) is 28.1 Å². The minimum Gasteiger partial charge on any atom is -0.507 e. The highest BCUT2D eigenvalue weighted by Crippen LogP contribution is 2.54. The number of ketones is 2. The molecule has 43 heavy (non-hydrogen) atoms. The summed E-state index contributed by atoms with van der Waals surface area (Å²) in [7, 11) is 3.89. The van der Waals surface area contributed by atoms with Gasteiger partial charge < -0.3 is 49.8 Å². The Bertz CT molecular complexity index is 1460. The standard InChI is InChI=1S/C29H33BrFNO11/c1-11-21(32)26(37)20(31)27(42-11)43-15-9-28(38,29(10-30,40-3)41-4)8-13-17(15)25(36)19-18(23(13)34)22(33)12-6-5-7-14(39-2)16(12)24(19)35/h5-7,11,15,20-21,26-27,34,36-38H,8-10,32H2,1-4H3. The Labute approximate surface area is 254 Å². The van der Waals surface area contributed by atoms with E-state index in [1.165, 1.54) is 46.5 Å². The van der Waals surface area contributed by atoms with E-state index in [1.54, 1.807) is 0 Å². The van der Waals surface area contributed by atoms with Crippen LogP contribution >= 0.6 is 15.9 Å². The third kappa shape index (κ3) is 4.58. The number of phenols is 2. The number of carbonyl (C=O) groups is 2. The predicted molar refractivity (Wildman–Crippen MR) is 150 cm³/mol. The highest BCUT2D eigenvalue weighted by molar-refractivity contribution is 9.09. The van der Waals surface area contributed by atoms with Gasteiger partial charge in [0, 0.05) is 43.8 Å². The SMILES string of the molecule is COc1cccc2c1C(=O)c1c(O)c3c(c(O)c1C2=O)CC(O)(C(CBr)(OC)OC)CC3OC1OC(C)C(N)C(O)C1F. The lowest BCUT2D eigenvalue weighted by Crippen LogP contribution is -2.62. The average molecular weight is 670 g/mol.